The lowest BCUT2D eigenvalue weighted by Gasteiger charge is -2.18. The van der Waals surface area contributed by atoms with E-state index in [1.807, 2.05) is 48.4 Å². The van der Waals surface area contributed by atoms with Crippen LogP contribution in [0.2, 0.25) is 0 Å². The summed E-state index contributed by atoms with van der Waals surface area (Å²) in [6.45, 7) is 0.647. The quantitative estimate of drug-likeness (QED) is 0.774. The van der Waals surface area contributed by atoms with Crippen molar-refractivity contribution in [2.75, 3.05) is 0 Å². The summed E-state index contributed by atoms with van der Waals surface area (Å²) < 4.78 is 1.82. The molecule has 1 aromatic carbocycles. The molecule has 24 heavy (non-hydrogen) atoms. The minimum atomic E-state index is -0.388. The van der Waals surface area contributed by atoms with Gasteiger partial charge in [-0.3, -0.25) is 9.67 Å². The maximum absolute atomic E-state index is 10.4. The molecule has 2 N–H and O–H groups in total. The largest absolute Gasteiger partial charge is 0.391 e. The second-order valence-electron chi connectivity index (χ2n) is 6.25. The number of fused-ring (bicyclic) bond motifs is 1. The van der Waals surface area contributed by atoms with Crippen molar-refractivity contribution in [2.24, 2.45) is 7.05 Å². The first-order valence-electron chi connectivity index (χ1n) is 8.14. The van der Waals surface area contributed by atoms with Gasteiger partial charge in [-0.25, -0.2) is 0 Å². The molecule has 2 atom stereocenters. The van der Waals surface area contributed by atoms with Crippen LogP contribution in [0.25, 0.3) is 11.3 Å². The molecule has 122 valence electrons. The predicted molar refractivity (Wildman–Crippen MR) is 92.2 cm³/mol. The van der Waals surface area contributed by atoms with Crippen LogP contribution in [0.5, 0.6) is 0 Å². The van der Waals surface area contributed by atoms with E-state index in [1.54, 1.807) is 6.20 Å². The summed E-state index contributed by atoms with van der Waals surface area (Å²) in [6.07, 6.45) is 5.92. The summed E-state index contributed by atoms with van der Waals surface area (Å²) in [6, 6.07) is 12.1. The molecule has 2 aromatic heterocycles. The van der Waals surface area contributed by atoms with E-state index in [9.17, 15) is 5.11 Å². The van der Waals surface area contributed by atoms with Gasteiger partial charge in [0.1, 0.15) is 0 Å². The fourth-order valence-corrected chi connectivity index (χ4v) is 3.45. The predicted octanol–water partition coefficient (Wildman–Crippen LogP) is 2.23. The number of aliphatic hydroxyl groups is 1. The lowest BCUT2D eigenvalue weighted by molar-refractivity contribution is 0.140. The topological polar surface area (TPSA) is 63.0 Å². The maximum atomic E-state index is 10.4. The molecule has 0 saturated carbocycles. The van der Waals surface area contributed by atoms with Crippen molar-refractivity contribution in [3.8, 4) is 11.3 Å². The van der Waals surface area contributed by atoms with E-state index in [0.29, 0.717) is 13.0 Å². The van der Waals surface area contributed by atoms with E-state index >= 15 is 0 Å². The molecule has 0 aliphatic heterocycles. The number of aryl methyl sites for hydroxylation is 1. The van der Waals surface area contributed by atoms with E-state index in [4.69, 9.17) is 0 Å². The van der Waals surface area contributed by atoms with Crippen molar-refractivity contribution in [1.29, 1.82) is 0 Å². The van der Waals surface area contributed by atoms with E-state index < -0.39 is 0 Å². The summed E-state index contributed by atoms with van der Waals surface area (Å²) in [7, 11) is 1.92. The highest BCUT2D eigenvalue weighted by atomic mass is 16.3. The molecular formula is C19H20N4O. The zero-order valence-electron chi connectivity index (χ0n) is 13.6. The highest BCUT2D eigenvalue weighted by molar-refractivity contribution is 5.61. The van der Waals surface area contributed by atoms with Crippen molar-refractivity contribution in [1.82, 2.24) is 20.1 Å². The minimum absolute atomic E-state index is 0.0387. The summed E-state index contributed by atoms with van der Waals surface area (Å²) in [5.41, 5.74) is 5.45. The number of aromatic nitrogens is 3. The number of rotatable bonds is 4. The minimum Gasteiger partial charge on any atom is -0.391 e. The fourth-order valence-electron chi connectivity index (χ4n) is 3.45. The fraction of sp³-hybridized carbons (Fsp3) is 0.263. The van der Waals surface area contributed by atoms with Gasteiger partial charge in [0.25, 0.3) is 0 Å². The maximum Gasteiger partial charge on any atom is 0.0983 e. The molecule has 0 unspecified atom stereocenters. The molecule has 3 aromatic rings. The van der Waals surface area contributed by atoms with Crippen molar-refractivity contribution in [2.45, 2.75) is 25.1 Å². The van der Waals surface area contributed by atoms with Gasteiger partial charge in [-0.05, 0) is 23.3 Å². The van der Waals surface area contributed by atoms with Gasteiger partial charge in [0.15, 0.2) is 0 Å². The lowest BCUT2D eigenvalue weighted by atomic mass is 10.1. The number of nitrogens with one attached hydrogen (secondary N) is 1. The Morgan fingerprint density at radius 1 is 1.25 bits per heavy atom. The highest BCUT2D eigenvalue weighted by Gasteiger charge is 2.30. The second-order valence-corrected chi connectivity index (χ2v) is 6.25. The Morgan fingerprint density at radius 2 is 2.12 bits per heavy atom. The molecule has 0 saturated heterocycles. The number of hydrogen-bond acceptors (Lipinski definition) is 4. The van der Waals surface area contributed by atoms with Gasteiger partial charge < -0.3 is 10.4 Å². The van der Waals surface area contributed by atoms with E-state index in [-0.39, 0.29) is 12.1 Å². The highest BCUT2D eigenvalue weighted by Crippen LogP contribution is 2.32. The molecule has 0 amide bonds. The van der Waals surface area contributed by atoms with Crippen molar-refractivity contribution < 1.29 is 5.11 Å². The Bertz CT molecular complexity index is 844. The van der Waals surface area contributed by atoms with Crippen LogP contribution in [0.4, 0.5) is 0 Å². The summed E-state index contributed by atoms with van der Waals surface area (Å²) in [5.74, 6) is 0. The van der Waals surface area contributed by atoms with Gasteiger partial charge in [-0.2, -0.15) is 5.10 Å². The molecule has 0 spiro atoms. The van der Waals surface area contributed by atoms with Gasteiger partial charge in [0, 0.05) is 49.7 Å². The average Bonchev–Trinajstić information content (AvgIpc) is 3.13. The first-order chi connectivity index (χ1) is 11.7. The molecule has 5 heteroatoms. The molecule has 0 fully saturated rings. The van der Waals surface area contributed by atoms with Crippen LogP contribution in [0, 0.1) is 0 Å². The molecule has 1 aliphatic carbocycles. The average molecular weight is 320 g/mol. The molecule has 0 radical (unpaired) electrons. The third kappa shape index (κ3) is 2.72. The summed E-state index contributed by atoms with van der Waals surface area (Å²) >= 11 is 0. The van der Waals surface area contributed by atoms with Gasteiger partial charge in [-0.15, -0.1) is 0 Å². The Hall–Kier alpha value is -2.50. The van der Waals surface area contributed by atoms with Crippen LogP contribution in [0.3, 0.4) is 0 Å². The zero-order chi connectivity index (χ0) is 16.5. The van der Waals surface area contributed by atoms with Crippen LogP contribution in [0.1, 0.15) is 22.7 Å². The third-order valence-corrected chi connectivity index (χ3v) is 4.56. The normalized spacial score (nSPS) is 19.4. The molecule has 4 rings (SSSR count). The smallest absolute Gasteiger partial charge is 0.0983 e. The number of benzene rings is 1. The standard InChI is InChI=1S/C19H20N4O/c1-23-12-15(18(22-23)14-6-4-8-20-10-14)11-21-19-16-7-3-2-5-13(16)9-17(19)24/h2-8,10,12,17,19,21,24H,9,11H2,1H3/t17-,19+/m0/s1. The Balaban J connectivity index is 1.57. The third-order valence-electron chi connectivity index (χ3n) is 4.56. The van der Waals surface area contributed by atoms with Crippen molar-refractivity contribution in [3.05, 3.63) is 71.7 Å². The van der Waals surface area contributed by atoms with Crippen LogP contribution < -0.4 is 5.32 Å². The van der Waals surface area contributed by atoms with Crippen LogP contribution in [0.15, 0.2) is 55.0 Å². The zero-order valence-corrected chi connectivity index (χ0v) is 13.6. The van der Waals surface area contributed by atoms with E-state index in [1.165, 1.54) is 11.1 Å². The Kier molecular flexibility index (Phi) is 3.88. The van der Waals surface area contributed by atoms with E-state index in [0.717, 1.165) is 16.8 Å². The summed E-state index contributed by atoms with van der Waals surface area (Å²) in [5, 5.41) is 18.5. The lowest BCUT2D eigenvalue weighted by Crippen LogP contribution is -2.28. The van der Waals surface area contributed by atoms with Crippen LogP contribution in [-0.4, -0.2) is 26.0 Å². The first kappa shape index (κ1) is 15.1. The Morgan fingerprint density at radius 3 is 2.96 bits per heavy atom. The number of nitrogens with zero attached hydrogens (tertiary/aromatic N) is 3. The number of pyridine rings is 1. The molecule has 0 bridgehead atoms. The van der Waals surface area contributed by atoms with Crippen LogP contribution in [-0.2, 0) is 20.0 Å². The van der Waals surface area contributed by atoms with Crippen molar-refractivity contribution >= 4 is 0 Å². The molecular weight excluding hydrogens is 300 g/mol. The first-order valence-corrected chi connectivity index (χ1v) is 8.14. The van der Waals surface area contributed by atoms with Gasteiger partial charge >= 0.3 is 0 Å². The van der Waals surface area contributed by atoms with Gasteiger partial charge in [0.2, 0.25) is 0 Å². The molecule has 1 aliphatic rings. The van der Waals surface area contributed by atoms with Gasteiger partial charge in [0.05, 0.1) is 17.8 Å². The summed E-state index contributed by atoms with van der Waals surface area (Å²) in [4.78, 5) is 4.18. The van der Waals surface area contributed by atoms with Crippen LogP contribution >= 0.6 is 0 Å². The Labute approximate surface area is 141 Å². The second kappa shape index (κ2) is 6.19. The van der Waals surface area contributed by atoms with E-state index in [2.05, 4.69) is 27.5 Å². The SMILES string of the molecule is Cn1cc(CN[C@@H]2c3ccccc3C[C@@H]2O)c(-c2cccnc2)n1. The molecule has 5 nitrogen and oxygen atoms in total. The number of hydrogen-bond donors (Lipinski definition) is 2. The van der Waals surface area contributed by atoms with Crippen molar-refractivity contribution in [3.63, 3.8) is 0 Å². The molecule has 2 heterocycles. The van der Waals surface area contributed by atoms with Gasteiger partial charge in [-0.1, -0.05) is 24.3 Å². The number of aliphatic hydroxyl groups excluding tert-OH is 1. The monoisotopic (exact) mass is 320 g/mol.